The monoisotopic (exact) mass is 329 g/mol. The largest absolute Gasteiger partial charge is 0.443 e. The zero-order valence-corrected chi connectivity index (χ0v) is 15.3. The summed E-state index contributed by atoms with van der Waals surface area (Å²) in [6, 6.07) is -0.271. The van der Waals surface area contributed by atoms with Crippen LogP contribution in [-0.2, 0) is 19.0 Å². The van der Waals surface area contributed by atoms with Crippen LogP contribution in [0.25, 0.3) is 0 Å². The van der Waals surface area contributed by atoms with Crippen molar-refractivity contribution in [2.24, 2.45) is 0 Å². The van der Waals surface area contributed by atoms with E-state index >= 15 is 0 Å². The topological polar surface area (TPSA) is 65.1 Å². The molecule has 1 saturated heterocycles. The predicted molar refractivity (Wildman–Crippen MR) is 87.0 cm³/mol. The van der Waals surface area contributed by atoms with Gasteiger partial charge in [0, 0.05) is 6.61 Å². The van der Waals surface area contributed by atoms with Gasteiger partial charge in [-0.3, -0.25) is 4.79 Å². The third kappa shape index (κ3) is 5.77. The van der Waals surface area contributed by atoms with Gasteiger partial charge in [-0.15, -0.1) is 0 Å². The molecule has 0 aromatic heterocycles. The van der Waals surface area contributed by atoms with Crippen molar-refractivity contribution in [1.29, 1.82) is 0 Å². The molecule has 6 nitrogen and oxygen atoms in total. The Kier molecular flexibility index (Phi) is 7.48. The number of β-lactam (4-membered cyclic amide) rings is 1. The molecule has 1 rings (SSSR count). The number of likely N-dealkylation sites (tertiary alicyclic amines) is 1. The van der Waals surface area contributed by atoms with Crippen LogP contribution in [0.1, 0.15) is 67.2 Å². The molecule has 1 unspecified atom stereocenters. The molecule has 2 amide bonds. The van der Waals surface area contributed by atoms with E-state index in [9.17, 15) is 9.59 Å². The van der Waals surface area contributed by atoms with E-state index in [1.807, 2.05) is 6.92 Å². The van der Waals surface area contributed by atoms with Crippen LogP contribution < -0.4 is 0 Å². The molecule has 134 valence electrons. The summed E-state index contributed by atoms with van der Waals surface area (Å²) >= 11 is 0. The first-order chi connectivity index (χ1) is 10.7. The minimum atomic E-state index is -0.629. The molecule has 23 heavy (non-hydrogen) atoms. The van der Waals surface area contributed by atoms with Crippen LogP contribution in [-0.4, -0.2) is 47.5 Å². The molecule has 0 aliphatic carbocycles. The first-order valence-electron chi connectivity index (χ1n) is 8.54. The molecule has 0 saturated carbocycles. The van der Waals surface area contributed by atoms with E-state index in [4.69, 9.17) is 14.2 Å². The van der Waals surface area contributed by atoms with Crippen molar-refractivity contribution < 1.29 is 23.8 Å². The Labute approximate surface area is 139 Å². The summed E-state index contributed by atoms with van der Waals surface area (Å²) in [7, 11) is 0. The Morgan fingerprint density at radius 1 is 1.26 bits per heavy atom. The maximum absolute atomic E-state index is 12.3. The fraction of sp³-hybridized carbons (Fsp3) is 0.882. The van der Waals surface area contributed by atoms with Crippen LogP contribution in [0.3, 0.4) is 0 Å². The normalized spacial score (nSPS) is 22.7. The Bertz CT molecular complexity index is 404. The van der Waals surface area contributed by atoms with Gasteiger partial charge in [-0.05, 0) is 41.0 Å². The quantitative estimate of drug-likeness (QED) is 0.387. The number of hydrogen-bond donors (Lipinski definition) is 0. The molecule has 0 bridgehead atoms. The van der Waals surface area contributed by atoms with Crippen molar-refractivity contribution in [1.82, 2.24) is 4.90 Å². The highest BCUT2D eigenvalue weighted by Gasteiger charge is 2.53. The van der Waals surface area contributed by atoms with Crippen LogP contribution in [0, 0.1) is 0 Å². The van der Waals surface area contributed by atoms with Crippen LogP contribution in [0.5, 0.6) is 0 Å². The predicted octanol–water partition coefficient (Wildman–Crippen LogP) is 3.48. The second-order valence-electron chi connectivity index (χ2n) is 6.83. The fourth-order valence-corrected chi connectivity index (χ4v) is 2.57. The van der Waals surface area contributed by atoms with E-state index in [0.29, 0.717) is 6.61 Å². The zero-order valence-electron chi connectivity index (χ0n) is 15.3. The average Bonchev–Trinajstić information content (AvgIpc) is 2.42. The van der Waals surface area contributed by atoms with Crippen molar-refractivity contribution in [3.8, 4) is 0 Å². The molecule has 0 radical (unpaired) electrons. The molecule has 1 aliphatic rings. The van der Waals surface area contributed by atoms with Crippen LogP contribution in [0.2, 0.25) is 0 Å². The Morgan fingerprint density at radius 2 is 1.91 bits per heavy atom. The lowest BCUT2D eigenvalue weighted by Gasteiger charge is -2.45. The number of rotatable bonds is 8. The first-order valence-corrected chi connectivity index (χ1v) is 8.54. The highest BCUT2D eigenvalue weighted by Crippen LogP contribution is 2.30. The Morgan fingerprint density at radius 3 is 2.43 bits per heavy atom. The number of carbonyl (C=O) groups excluding carboxylic acids is 2. The lowest BCUT2D eigenvalue weighted by molar-refractivity contribution is -0.211. The van der Waals surface area contributed by atoms with Gasteiger partial charge >= 0.3 is 6.09 Å². The second-order valence-corrected chi connectivity index (χ2v) is 6.83. The van der Waals surface area contributed by atoms with Crippen molar-refractivity contribution >= 4 is 12.0 Å². The zero-order chi connectivity index (χ0) is 17.6. The van der Waals surface area contributed by atoms with Gasteiger partial charge in [-0.1, -0.05) is 26.2 Å². The summed E-state index contributed by atoms with van der Waals surface area (Å²) < 4.78 is 16.3. The van der Waals surface area contributed by atoms with Crippen molar-refractivity contribution in [2.75, 3.05) is 6.61 Å². The molecule has 1 fully saturated rings. The van der Waals surface area contributed by atoms with Crippen LogP contribution in [0.4, 0.5) is 4.79 Å². The standard InChI is InChI=1S/C17H31NO5/c1-7-9-10-11-13-14(22-12(3)21-8-2)15(19)18(13)16(20)23-17(4,5)6/h12-14H,7-11H2,1-6H3/t12?,13-,14+/m0/s1. The lowest BCUT2D eigenvalue weighted by atomic mass is 9.93. The van der Waals surface area contributed by atoms with Crippen LogP contribution in [0.15, 0.2) is 0 Å². The van der Waals surface area contributed by atoms with Crippen molar-refractivity contribution in [2.45, 2.75) is 91.3 Å². The molecule has 0 aromatic carbocycles. The van der Waals surface area contributed by atoms with Crippen molar-refractivity contribution in [3.63, 3.8) is 0 Å². The molecular formula is C17H31NO5. The number of hydrogen-bond acceptors (Lipinski definition) is 5. The third-order valence-electron chi connectivity index (χ3n) is 3.60. The van der Waals surface area contributed by atoms with E-state index in [2.05, 4.69) is 6.92 Å². The minimum Gasteiger partial charge on any atom is -0.443 e. The number of nitrogens with zero attached hydrogens (tertiary/aromatic N) is 1. The minimum absolute atomic E-state index is 0.271. The van der Waals surface area contributed by atoms with Gasteiger partial charge in [-0.25, -0.2) is 9.69 Å². The maximum Gasteiger partial charge on any atom is 0.417 e. The summed E-state index contributed by atoms with van der Waals surface area (Å²) in [5.74, 6) is -0.340. The van der Waals surface area contributed by atoms with Gasteiger partial charge < -0.3 is 14.2 Å². The lowest BCUT2D eigenvalue weighted by Crippen LogP contribution is -2.68. The molecule has 0 aromatic rings. The van der Waals surface area contributed by atoms with E-state index in [1.54, 1.807) is 27.7 Å². The summed E-state index contributed by atoms with van der Waals surface area (Å²) in [5, 5.41) is 0. The highest BCUT2D eigenvalue weighted by atomic mass is 16.7. The van der Waals surface area contributed by atoms with Gasteiger partial charge in [0.15, 0.2) is 12.4 Å². The van der Waals surface area contributed by atoms with Gasteiger partial charge in [-0.2, -0.15) is 0 Å². The average molecular weight is 329 g/mol. The molecule has 6 heteroatoms. The Balaban J connectivity index is 2.72. The summed E-state index contributed by atoms with van der Waals surface area (Å²) in [6.07, 6.45) is 2.12. The van der Waals surface area contributed by atoms with Crippen LogP contribution >= 0.6 is 0 Å². The van der Waals surface area contributed by atoms with E-state index in [-0.39, 0.29) is 11.9 Å². The molecule has 1 aliphatic heterocycles. The third-order valence-corrected chi connectivity index (χ3v) is 3.60. The fourth-order valence-electron chi connectivity index (χ4n) is 2.57. The maximum atomic E-state index is 12.3. The summed E-state index contributed by atoms with van der Waals surface area (Å²) in [5.41, 5.74) is -0.629. The number of imide groups is 1. The number of carbonyl (C=O) groups is 2. The second kappa shape index (κ2) is 8.64. The van der Waals surface area contributed by atoms with Gasteiger partial charge in [0.1, 0.15) is 5.60 Å². The van der Waals surface area contributed by atoms with E-state index in [0.717, 1.165) is 25.7 Å². The number of amides is 2. The number of unbranched alkanes of at least 4 members (excludes halogenated alkanes) is 2. The van der Waals surface area contributed by atoms with Gasteiger partial charge in [0.05, 0.1) is 6.04 Å². The molecule has 0 N–H and O–H groups in total. The summed E-state index contributed by atoms with van der Waals surface area (Å²) in [6.45, 7) is 11.6. The number of ether oxygens (including phenoxy) is 3. The molecule has 1 heterocycles. The molecule has 3 atom stereocenters. The highest BCUT2D eigenvalue weighted by molar-refractivity contribution is 6.01. The summed E-state index contributed by atoms with van der Waals surface area (Å²) in [4.78, 5) is 25.8. The van der Waals surface area contributed by atoms with E-state index < -0.39 is 24.1 Å². The first kappa shape index (κ1) is 19.9. The Hall–Kier alpha value is -1.14. The van der Waals surface area contributed by atoms with Gasteiger partial charge in [0.25, 0.3) is 5.91 Å². The molecule has 0 spiro atoms. The molecular weight excluding hydrogens is 298 g/mol. The van der Waals surface area contributed by atoms with Crippen molar-refractivity contribution in [3.05, 3.63) is 0 Å². The SMILES string of the molecule is CCCCC[C@H]1[C@@H](OC(C)OCC)C(=O)N1C(=O)OC(C)(C)C. The smallest absolute Gasteiger partial charge is 0.417 e. The van der Waals surface area contributed by atoms with Gasteiger partial charge in [0.2, 0.25) is 0 Å². The van der Waals surface area contributed by atoms with E-state index in [1.165, 1.54) is 4.90 Å².